The summed E-state index contributed by atoms with van der Waals surface area (Å²) in [6.07, 6.45) is 11.3. The van der Waals surface area contributed by atoms with Crippen LogP contribution in [0.5, 0.6) is 0 Å². The fraction of sp³-hybridized carbons (Fsp3) is 0.667. The van der Waals surface area contributed by atoms with Gasteiger partial charge in [0.1, 0.15) is 23.7 Å². The second-order valence-electron chi connectivity index (χ2n) is 6.75. The van der Waals surface area contributed by atoms with Crippen molar-refractivity contribution in [2.24, 2.45) is 0 Å². The van der Waals surface area contributed by atoms with E-state index >= 15 is 0 Å². The molecule has 0 aromatic rings. The van der Waals surface area contributed by atoms with Crippen LogP contribution in [-0.4, -0.2) is 50.4 Å². The summed E-state index contributed by atoms with van der Waals surface area (Å²) in [5.74, 6) is 0.575. The molecule has 0 heterocycles. The lowest BCUT2D eigenvalue weighted by atomic mass is 10.0. The highest BCUT2D eigenvalue weighted by molar-refractivity contribution is 5.83. The Morgan fingerprint density at radius 1 is 0.862 bits per heavy atom. The normalized spacial score (nSPS) is 14.8. The molecule has 0 radical (unpaired) electrons. The molecule has 0 aliphatic heterocycles. The number of hydrogen-bond acceptors (Lipinski definition) is 8. The number of carbonyl (C=O) groups is 1. The summed E-state index contributed by atoms with van der Waals surface area (Å²) in [4.78, 5) is 20.2. The van der Waals surface area contributed by atoms with E-state index in [0.717, 1.165) is 25.7 Å². The molecule has 0 saturated heterocycles. The van der Waals surface area contributed by atoms with E-state index in [-0.39, 0.29) is 6.42 Å². The molecule has 2 atom stereocenters. The van der Waals surface area contributed by atoms with Crippen LogP contribution in [0.3, 0.4) is 0 Å². The number of rotatable bonds is 18. The predicted molar refractivity (Wildman–Crippen MR) is 109 cm³/mol. The summed E-state index contributed by atoms with van der Waals surface area (Å²) in [6, 6.07) is 0. The van der Waals surface area contributed by atoms with Crippen LogP contribution in [0.1, 0.15) is 71.1 Å². The molecule has 0 aliphatic carbocycles. The highest BCUT2D eigenvalue weighted by Crippen LogP contribution is 2.14. The fourth-order valence-corrected chi connectivity index (χ4v) is 2.61. The molecular formula is C21H36O8. The van der Waals surface area contributed by atoms with Gasteiger partial charge in [-0.05, 0) is 37.8 Å². The molecule has 0 amide bonds. The number of unbranched alkanes of at least 4 members (excludes halogenated alkanes) is 4. The number of ketones is 1. The van der Waals surface area contributed by atoms with E-state index in [1.165, 1.54) is 0 Å². The lowest BCUT2D eigenvalue weighted by molar-refractivity contribution is -0.206. The maximum atomic E-state index is 11.6. The molecule has 0 aliphatic rings. The van der Waals surface area contributed by atoms with Gasteiger partial charge in [0.15, 0.2) is 5.78 Å². The Morgan fingerprint density at radius 3 is 1.90 bits per heavy atom. The van der Waals surface area contributed by atoms with Gasteiger partial charge in [-0.15, -0.1) is 0 Å². The van der Waals surface area contributed by atoms with Crippen LogP contribution in [0.2, 0.25) is 0 Å². The van der Waals surface area contributed by atoms with Crippen molar-refractivity contribution in [3.05, 3.63) is 35.8 Å². The zero-order valence-corrected chi connectivity index (χ0v) is 17.2. The Morgan fingerprint density at radius 2 is 1.38 bits per heavy atom. The van der Waals surface area contributed by atoms with E-state index in [2.05, 4.69) is 9.78 Å². The molecule has 0 bridgehead atoms. The van der Waals surface area contributed by atoms with E-state index in [1.807, 2.05) is 19.1 Å². The molecule has 0 fully saturated rings. The standard InChI is InChI=1S/C21H36O8/c1-2-17(28-26)12-8-6-7-10-14-18(29-27)13-9-4-3-5-11-15-19(23)21(25)20(24)16-22/h6-7,12,14,20-22,24-27H,2-5,8-11,13,15-16H2,1H3/b7-6-,17-12-,18-14-. The SMILES string of the molecule is CC/C(=C/C/C=C\C/C=C(/CCCCCCCC(=O)C(O)C(O)CO)OO)OO. The molecule has 0 spiro atoms. The van der Waals surface area contributed by atoms with Gasteiger partial charge in [0.2, 0.25) is 0 Å². The smallest absolute Gasteiger partial charge is 0.164 e. The molecule has 0 aromatic carbocycles. The first kappa shape index (κ1) is 27.3. The summed E-state index contributed by atoms with van der Waals surface area (Å²) < 4.78 is 0. The number of allylic oxidation sites excluding steroid dienone is 6. The molecule has 29 heavy (non-hydrogen) atoms. The summed E-state index contributed by atoms with van der Waals surface area (Å²) in [6.45, 7) is 1.24. The number of Topliss-reactive ketones (excluding diaryl/α,β-unsaturated/α-hetero) is 1. The Hall–Kier alpha value is -1.71. The minimum absolute atomic E-state index is 0.175. The average Bonchev–Trinajstić information content (AvgIpc) is 2.75. The lowest BCUT2D eigenvalue weighted by Crippen LogP contribution is -2.36. The second-order valence-corrected chi connectivity index (χ2v) is 6.75. The van der Waals surface area contributed by atoms with E-state index in [0.29, 0.717) is 43.6 Å². The molecule has 8 heteroatoms. The second kappa shape index (κ2) is 18.3. The molecule has 0 saturated carbocycles. The quantitative estimate of drug-likeness (QED) is 0.0753. The van der Waals surface area contributed by atoms with Gasteiger partial charge in [0.25, 0.3) is 0 Å². The number of carbonyl (C=O) groups excluding carboxylic acids is 1. The van der Waals surface area contributed by atoms with Crippen molar-refractivity contribution in [3.8, 4) is 0 Å². The third-order valence-corrected chi connectivity index (χ3v) is 4.44. The monoisotopic (exact) mass is 416 g/mol. The van der Waals surface area contributed by atoms with Crippen LogP contribution in [0, 0.1) is 0 Å². The van der Waals surface area contributed by atoms with Gasteiger partial charge >= 0.3 is 0 Å². The molecule has 8 nitrogen and oxygen atoms in total. The molecule has 0 aromatic heterocycles. The zero-order valence-electron chi connectivity index (χ0n) is 17.2. The molecule has 5 N–H and O–H groups in total. The predicted octanol–water partition coefficient (Wildman–Crippen LogP) is 3.49. The summed E-state index contributed by atoms with van der Waals surface area (Å²) in [5, 5.41) is 44.9. The third kappa shape index (κ3) is 14.0. The first-order valence-corrected chi connectivity index (χ1v) is 10.2. The highest BCUT2D eigenvalue weighted by atomic mass is 17.1. The van der Waals surface area contributed by atoms with Crippen LogP contribution in [0.4, 0.5) is 0 Å². The topological polar surface area (TPSA) is 137 Å². The van der Waals surface area contributed by atoms with Gasteiger partial charge in [-0.3, -0.25) is 4.79 Å². The van der Waals surface area contributed by atoms with Crippen LogP contribution in [0.25, 0.3) is 0 Å². The van der Waals surface area contributed by atoms with Crippen LogP contribution in [-0.2, 0) is 14.6 Å². The van der Waals surface area contributed by atoms with Gasteiger partial charge in [-0.1, -0.05) is 38.3 Å². The first-order chi connectivity index (χ1) is 14.0. The van der Waals surface area contributed by atoms with Gasteiger partial charge in [0, 0.05) is 19.3 Å². The van der Waals surface area contributed by atoms with Gasteiger partial charge in [-0.25, -0.2) is 10.5 Å². The van der Waals surface area contributed by atoms with Crippen LogP contribution >= 0.6 is 0 Å². The minimum Gasteiger partial charge on any atom is -0.394 e. The number of aliphatic hydroxyl groups excluding tert-OH is 3. The highest BCUT2D eigenvalue weighted by Gasteiger charge is 2.22. The van der Waals surface area contributed by atoms with Crippen molar-refractivity contribution < 1.29 is 40.4 Å². The maximum Gasteiger partial charge on any atom is 0.164 e. The molecule has 0 rings (SSSR count). The number of aliphatic hydroxyl groups is 3. The largest absolute Gasteiger partial charge is 0.394 e. The molecule has 2 unspecified atom stereocenters. The Bertz CT molecular complexity index is 507. The maximum absolute atomic E-state index is 11.6. The number of hydrogen-bond donors (Lipinski definition) is 5. The Labute approximate surface area is 172 Å². The van der Waals surface area contributed by atoms with E-state index in [9.17, 15) is 15.0 Å². The van der Waals surface area contributed by atoms with Crippen molar-refractivity contribution in [2.75, 3.05) is 6.61 Å². The zero-order chi connectivity index (χ0) is 21.9. The third-order valence-electron chi connectivity index (χ3n) is 4.44. The van der Waals surface area contributed by atoms with Crippen molar-refractivity contribution >= 4 is 5.78 Å². The van der Waals surface area contributed by atoms with Crippen molar-refractivity contribution in [1.29, 1.82) is 0 Å². The lowest BCUT2D eigenvalue weighted by Gasteiger charge is -2.13. The molecule has 168 valence electrons. The van der Waals surface area contributed by atoms with Crippen molar-refractivity contribution in [3.63, 3.8) is 0 Å². The van der Waals surface area contributed by atoms with E-state index in [4.69, 9.17) is 15.6 Å². The molecular weight excluding hydrogens is 380 g/mol. The van der Waals surface area contributed by atoms with E-state index < -0.39 is 24.6 Å². The van der Waals surface area contributed by atoms with Gasteiger partial charge in [-0.2, -0.15) is 0 Å². The Kier molecular flexibility index (Phi) is 17.2. The van der Waals surface area contributed by atoms with Crippen molar-refractivity contribution in [2.45, 2.75) is 83.3 Å². The minimum atomic E-state index is -1.52. The summed E-state index contributed by atoms with van der Waals surface area (Å²) in [5.41, 5.74) is 0. The van der Waals surface area contributed by atoms with Crippen LogP contribution < -0.4 is 0 Å². The summed E-state index contributed by atoms with van der Waals surface area (Å²) in [7, 11) is 0. The summed E-state index contributed by atoms with van der Waals surface area (Å²) >= 11 is 0. The van der Waals surface area contributed by atoms with Crippen LogP contribution in [0.15, 0.2) is 35.8 Å². The Balaban J connectivity index is 3.89. The first-order valence-electron chi connectivity index (χ1n) is 10.2. The fourth-order valence-electron chi connectivity index (χ4n) is 2.61. The van der Waals surface area contributed by atoms with Gasteiger partial charge in [0.05, 0.1) is 6.61 Å². The van der Waals surface area contributed by atoms with Crippen molar-refractivity contribution in [1.82, 2.24) is 0 Å². The van der Waals surface area contributed by atoms with Gasteiger partial charge < -0.3 is 25.1 Å². The average molecular weight is 417 g/mol. The van der Waals surface area contributed by atoms with E-state index in [1.54, 1.807) is 12.2 Å².